The second-order valence-electron chi connectivity index (χ2n) is 4.69. The van der Waals surface area contributed by atoms with Gasteiger partial charge in [0.15, 0.2) is 0 Å². The average molecular weight is 248 g/mol. The van der Waals surface area contributed by atoms with E-state index in [0.29, 0.717) is 5.92 Å². The molecule has 0 amide bonds. The van der Waals surface area contributed by atoms with Gasteiger partial charge in [-0.1, -0.05) is 42.5 Å². The molecule has 0 aromatic rings. The van der Waals surface area contributed by atoms with Crippen LogP contribution in [0.4, 0.5) is 0 Å². The second-order valence-corrected chi connectivity index (χ2v) is 5.47. The third kappa shape index (κ3) is 1.41. The lowest BCUT2D eigenvalue weighted by molar-refractivity contribution is 0.966. The van der Waals surface area contributed by atoms with Crippen molar-refractivity contribution in [1.29, 1.82) is 0 Å². The van der Waals surface area contributed by atoms with Crippen LogP contribution in [-0.2, 0) is 0 Å². The predicted octanol–water partition coefficient (Wildman–Crippen LogP) is 4.61. The Morgan fingerprint density at radius 3 is 3.00 bits per heavy atom. The van der Waals surface area contributed by atoms with Gasteiger partial charge < -0.3 is 0 Å². The van der Waals surface area contributed by atoms with E-state index in [9.17, 15) is 0 Å². The summed E-state index contributed by atoms with van der Waals surface area (Å²) >= 11 is 1.76. The lowest BCUT2D eigenvalue weighted by atomic mass is 9.90. The molecule has 3 aliphatic carbocycles. The van der Waals surface area contributed by atoms with Gasteiger partial charge in [0.05, 0.1) is 0 Å². The van der Waals surface area contributed by atoms with Crippen molar-refractivity contribution in [2.45, 2.75) is 0 Å². The minimum atomic E-state index is 0.450. The van der Waals surface area contributed by atoms with Crippen LogP contribution in [0, 0.1) is 5.92 Å². The smallest absolute Gasteiger partial charge is 0.0278 e. The normalized spacial score (nSPS) is 27.1. The van der Waals surface area contributed by atoms with E-state index in [0.717, 1.165) is 0 Å². The van der Waals surface area contributed by atoms with Crippen LogP contribution >= 0.6 is 11.8 Å². The SMILES string of the molecule is C1=CC2=CC3=C(C=CC=C4C=CSC=C43)C2C=C1. The highest BCUT2D eigenvalue weighted by atomic mass is 32.2. The summed E-state index contributed by atoms with van der Waals surface area (Å²) in [5.74, 6) is 0.450. The minimum absolute atomic E-state index is 0.450. The Morgan fingerprint density at radius 2 is 2.00 bits per heavy atom. The lowest BCUT2D eigenvalue weighted by Crippen LogP contribution is -2.00. The molecule has 18 heavy (non-hydrogen) atoms. The highest BCUT2D eigenvalue weighted by Gasteiger charge is 2.27. The lowest BCUT2D eigenvalue weighted by Gasteiger charge is -2.14. The Kier molecular flexibility index (Phi) is 2.21. The Balaban J connectivity index is 1.90. The van der Waals surface area contributed by atoms with Crippen LogP contribution in [0.2, 0.25) is 0 Å². The van der Waals surface area contributed by atoms with E-state index >= 15 is 0 Å². The van der Waals surface area contributed by atoms with Gasteiger partial charge in [-0.15, -0.1) is 11.8 Å². The first-order chi connectivity index (χ1) is 8.93. The van der Waals surface area contributed by atoms with Crippen molar-refractivity contribution in [3.63, 3.8) is 0 Å². The number of fused-ring (bicyclic) bond motifs is 4. The Labute approximate surface area is 111 Å². The van der Waals surface area contributed by atoms with Crippen LogP contribution in [0.5, 0.6) is 0 Å². The molecule has 1 heterocycles. The van der Waals surface area contributed by atoms with E-state index in [1.807, 2.05) is 0 Å². The molecule has 0 bridgehead atoms. The van der Waals surface area contributed by atoms with E-state index in [4.69, 9.17) is 0 Å². The first-order valence-corrected chi connectivity index (χ1v) is 7.10. The fraction of sp³-hybridized carbons (Fsp3) is 0.0588. The van der Waals surface area contributed by atoms with Crippen LogP contribution in [0.3, 0.4) is 0 Å². The van der Waals surface area contributed by atoms with Gasteiger partial charge in [-0.25, -0.2) is 0 Å². The van der Waals surface area contributed by atoms with Gasteiger partial charge in [0.1, 0.15) is 0 Å². The monoisotopic (exact) mass is 248 g/mol. The number of hydrogen-bond donors (Lipinski definition) is 0. The zero-order valence-corrected chi connectivity index (χ0v) is 10.7. The summed E-state index contributed by atoms with van der Waals surface area (Å²) in [5, 5.41) is 4.40. The van der Waals surface area contributed by atoms with Crippen LogP contribution in [0.1, 0.15) is 0 Å². The molecule has 1 unspecified atom stereocenters. The molecule has 0 radical (unpaired) electrons. The fourth-order valence-electron chi connectivity index (χ4n) is 2.82. The van der Waals surface area contributed by atoms with Crippen molar-refractivity contribution in [1.82, 2.24) is 0 Å². The van der Waals surface area contributed by atoms with Crippen molar-refractivity contribution in [3.8, 4) is 0 Å². The Morgan fingerprint density at radius 1 is 1.00 bits per heavy atom. The topological polar surface area (TPSA) is 0 Å². The predicted molar refractivity (Wildman–Crippen MR) is 78.9 cm³/mol. The van der Waals surface area contributed by atoms with E-state index in [2.05, 4.69) is 65.5 Å². The summed E-state index contributed by atoms with van der Waals surface area (Å²) in [7, 11) is 0. The van der Waals surface area contributed by atoms with Crippen LogP contribution in [0.15, 0.2) is 93.4 Å². The van der Waals surface area contributed by atoms with E-state index < -0.39 is 0 Å². The molecule has 86 valence electrons. The molecule has 0 fully saturated rings. The van der Waals surface area contributed by atoms with Crippen molar-refractivity contribution >= 4 is 11.8 Å². The van der Waals surface area contributed by atoms with Crippen LogP contribution in [-0.4, -0.2) is 0 Å². The first kappa shape index (κ1) is 10.2. The molecule has 4 rings (SSSR count). The van der Waals surface area contributed by atoms with Crippen molar-refractivity contribution in [2.24, 2.45) is 5.92 Å². The molecule has 0 saturated heterocycles. The molecular weight excluding hydrogens is 236 g/mol. The van der Waals surface area contributed by atoms with Crippen molar-refractivity contribution in [2.75, 3.05) is 0 Å². The Hall–Kier alpha value is -1.73. The Bertz CT molecular complexity index is 658. The summed E-state index contributed by atoms with van der Waals surface area (Å²) in [6.07, 6.45) is 20.0. The number of thioether (sulfide) groups is 1. The summed E-state index contributed by atoms with van der Waals surface area (Å²) in [5.41, 5.74) is 6.92. The van der Waals surface area contributed by atoms with Gasteiger partial charge in [0.2, 0.25) is 0 Å². The zero-order chi connectivity index (χ0) is 11.9. The van der Waals surface area contributed by atoms with Gasteiger partial charge in [0.25, 0.3) is 0 Å². The van der Waals surface area contributed by atoms with Crippen molar-refractivity contribution in [3.05, 3.63) is 93.4 Å². The summed E-state index contributed by atoms with van der Waals surface area (Å²) in [4.78, 5) is 0. The summed E-state index contributed by atoms with van der Waals surface area (Å²) in [6, 6.07) is 0. The quantitative estimate of drug-likeness (QED) is 0.603. The molecule has 1 heteroatoms. The molecule has 0 spiro atoms. The summed E-state index contributed by atoms with van der Waals surface area (Å²) < 4.78 is 0. The van der Waals surface area contributed by atoms with E-state index in [1.54, 1.807) is 11.8 Å². The average Bonchev–Trinajstić information content (AvgIpc) is 2.69. The fourth-order valence-corrected chi connectivity index (χ4v) is 3.52. The third-order valence-corrected chi connectivity index (χ3v) is 4.35. The molecule has 4 aliphatic rings. The maximum absolute atomic E-state index is 2.34. The summed E-state index contributed by atoms with van der Waals surface area (Å²) in [6.45, 7) is 0. The van der Waals surface area contributed by atoms with Gasteiger partial charge >= 0.3 is 0 Å². The molecule has 0 N–H and O–H groups in total. The standard InChI is InChI=1S/C17H12S/c1-2-6-14-13(4-1)10-16-15(14)7-3-5-12-8-9-18-11-17(12)16/h1-11,14H. The van der Waals surface area contributed by atoms with Crippen LogP contribution in [0.25, 0.3) is 0 Å². The highest BCUT2D eigenvalue weighted by Crippen LogP contribution is 2.43. The number of allylic oxidation sites excluding steroid dienone is 14. The zero-order valence-electron chi connectivity index (χ0n) is 9.84. The molecule has 0 saturated carbocycles. The second kappa shape index (κ2) is 3.89. The first-order valence-electron chi connectivity index (χ1n) is 6.15. The molecule has 0 aromatic carbocycles. The third-order valence-electron chi connectivity index (χ3n) is 3.68. The maximum atomic E-state index is 2.34. The molecule has 1 aliphatic heterocycles. The van der Waals surface area contributed by atoms with E-state index in [1.165, 1.54) is 27.9 Å². The highest BCUT2D eigenvalue weighted by molar-refractivity contribution is 8.05. The minimum Gasteiger partial charge on any atom is -0.105 e. The van der Waals surface area contributed by atoms with Gasteiger partial charge in [-0.3, -0.25) is 0 Å². The van der Waals surface area contributed by atoms with Crippen LogP contribution < -0.4 is 0 Å². The number of rotatable bonds is 0. The largest absolute Gasteiger partial charge is 0.105 e. The molecule has 0 nitrogen and oxygen atoms in total. The van der Waals surface area contributed by atoms with Gasteiger partial charge in [-0.2, -0.15) is 0 Å². The molecule has 1 atom stereocenters. The van der Waals surface area contributed by atoms with Crippen molar-refractivity contribution < 1.29 is 0 Å². The number of hydrogen-bond acceptors (Lipinski definition) is 1. The van der Waals surface area contributed by atoms with Gasteiger partial charge in [-0.05, 0) is 50.8 Å². The van der Waals surface area contributed by atoms with Gasteiger partial charge in [0, 0.05) is 5.92 Å². The molecule has 0 aromatic heterocycles. The van der Waals surface area contributed by atoms with E-state index in [-0.39, 0.29) is 0 Å². The maximum Gasteiger partial charge on any atom is 0.0278 e. The molecular formula is C17H12S.